The van der Waals surface area contributed by atoms with Crippen LogP contribution in [0, 0.1) is 0 Å². The number of carbonyl (C=O) groups excluding carboxylic acids is 1. The monoisotopic (exact) mass is 480 g/mol. The molecule has 1 unspecified atom stereocenters. The Bertz CT molecular complexity index is 384. The Morgan fingerprint density at radius 2 is 1.10 bits per heavy atom. The van der Waals surface area contributed by atoms with Crippen LogP contribution in [0.1, 0.15) is 13.3 Å². The Morgan fingerprint density at radius 3 is 1.21 bits per heavy atom. The van der Waals surface area contributed by atoms with Crippen molar-refractivity contribution in [3.8, 4) is 0 Å². The van der Waals surface area contributed by atoms with Crippen molar-refractivity contribution in [2.75, 3.05) is 20.0 Å². The molecule has 0 amide bonds. The molecule has 2 nitrogen and oxygen atoms in total. The van der Waals surface area contributed by atoms with Gasteiger partial charge in [0.15, 0.2) is 6.10 Å². The summed E-state index contributed by atoms with van der Waals surface area (Å²) in [4.78, 5) is 8.78. The van der Waals surface area contributed by atoms with Crippen LogP contribution in [0.15, 0.2) is 0 Å². The molecule has 0 spiro atoms. The number of rotatable bonds is 4. The molecule has 0 saturated heterocycles. The molecule has 0 aromatic carbocycles. The second-order valence-corrected chi connectivity index (χ2v) is 4.06. The summed E-state index contributed by atoms with van der Waals surface area (Å²) in [7, 11) is 0. The predicted octanol–water partition coefficient (Wildman–Crippen LogP) is 6.35. The first-order valence-electron chi connectivity index (χ1n) is 6.31. The van der Waals surface area contributed by atoms with Crippen molar-refractivity contribution in [2.45, 2.75) is 44.4 Å². The maximum absolute atomic E-state index is 11.6. The summed E-state index contributed by atoms with van der Waals surface area (Å²) in [6.45, 7) is -4.59. The Kier molecular flexibility index (Phi) is 18.5. The lowest BCUT2D eigenvalue weighted by atomic mass is 10.4. The molecule has 0 aliphatic rings. The Hall–Kier alpha value is -1.49. The van der Waals surface area contributed by atoms with Gasteiger partial charge in [0, 0.05) is 6.92 Å². The molecule has 0 rings (SSSR count). The van der Waals surface area contributed by atoms with Gasteiger partial charge in [-0.3, -0.25) is 9.18 Å². The zero-order chi connectivity index (χ0) is 24.7. The third kappa shape index (κ3) is 58.4. The maximum atomic E-state index is 11.6. The minimum Gasteiger partial charge on any atom is -0.357 e. The fourth-order valence-corrected chi connectivity index (χ4v) is 0.529. The van der Waals surface area contributed by atoms with E-state index in [9.17, 15) is 70.2 Å². The molecule has 0 radical (unpaired) electrons. The Balaban J connectivity index is -0.000000164. The maximum Gasteiger partial charge on any atom is 0.559 e. The summed E-state index contributed by atoms with van der Waals surface area (Å²) < 4.78 is 176. The zero-order valence-corrected chi connectivity index (χ0v) is 13.8. The van der Waals surface area contributed by atoms with Gasteiger partial charge in [0.2, 0.25) is 0 Å². The normalized spacial score (nSPS) is 13.0. The lowest BCUT2D eigenvalue weighted by Crippen LogP contribution is -2.36. The molecule has 1 atom stereocenters. The molecule has 0 aromatic rings. The van der Waals surface area contributed by atoms with Crippen molar-refractivity contribution >= 4 is 6.04 Å². The first-order valence-corrected chi connectivity index (χ1v) is 6.31. The standard InChI is InChI=1S/C5H5F7O.C3H4F4.C2H3FO.CF4/c6-1-3(5(10,11)12)13-2-4(7,8)9;4-2-1-3(5,6)7;1-2(3)4;2-1(3,4)5/h3H,1-2H2;1-2H2;1H3;. The smallest absolute Gasteiger partial charge is 0.357 e. The molecule has 0 bridgehead atoms. The number of hydrogen-bond acceptors (Lipinski definition) is 2. The van der Waals surface area contributed by atoms with Crippen molar-refractivity contribution in [2.24, 2.45) is 0 Å². The van der Waals surface area contributed by atoms with Gasteiger partial charge < -0.3 is 4.74 Å². The second-order valence-electron chi connectivity index (χ2n) is 4.06. The average molecular weight is 480 g/mol. The highest BCUT2D eigenvalue weighted by Gasteiger charge is 2.43. The van der Waals surface area contributed by atoms with E-state index >= 15 is 0 Å². The molecule has 18 heteroatoms. The van der Waals surface area contributed by atoms with Crippen LogP contribution < -0.4 is 0 Å². The summed E-state index contributed by atoms with van der Waals surface area (Å²) in [5.41, 5.74) is 0. The number of hydrogen-bond donors (Lipinski definition) is 0. The molecule has 0 aromatic heterocycles. The molecular formula is C11H12F16O2. The second kappa shape index (κ2) is 15.4. The van der Waals surface area contributed by atoms with Crippen LogP contribution in [0.25, 0.3) is 0 Å². The molecule has 180 valence electrons. The summed E-state index contributed by atoms with van der Waals surface area (Å²) >= 11 is 0. The molecule has 0 fully saturated rings. The van der Waals surface area contributed by atoms with Gasteiger partial charge in [-0.15, -0.1) is 17.6 Å². The van der Waals surface area contributed by atoms with Gasteiger partial charge in [0.05, 0.1) is 13.1 Å². The SMILES string of the molecule is CC(=O)F.FC(F)(F)F.FCC(OCC(F)(F)F)C(F)(F)F.FCCC(F)(F)F. The fourth-order valence-electron chi connectivity index (χ4n) is 0.529. The highest BCUT2D eigenvalue weighted by atomic mass is 19.5. The molecular weight excluding hydrogens is 468 g/mol. The zero-order valence-electron chi connectivity index (χ0n) is 13.8. The third-order valence-electron chi connectivity index (χ3n) is 1.33. The molecule has 0 N–H and O–H groups in total. The number of alkyl halides is 15. The van der Waals surface area contributed by atoms with E-state index in [-0.39, 0.29) is 0 Å². The van der Waals surface area contributed by atoms with E-state index in [1.54, 1.807) is 0 Å². The van der Waals surface area contributed by atoms with E-state index in [2.05, 4.69) is 4.74 Å². The van der Waals surface area contributed by atoms with Crippen LogP contribution >= 0.6 is 0 Å². The van der Waals surface area contributed by atoms with Crippen molar-refractivity contribution in [1.29, 1.82) is 0 Å². The Labute approximate surface area is 151 Å². The number of ether oxygens (including phenoxy) is 1. The first kappa shape index (κ1) is 35.0. The van der Waals surface area contributed by atoms with Gasteiger partial charge in [-0.05, 0) is 0 Å². The molecule has 0 saturated carbocycles. The van der Waals surface area contributed by atoms with Crippen molar-refractivity contribution in [3.63, 3.8) is 0 Å². The van der Waals surface area contributed by atoms with E-state index in [1.165, 1.54) is 0 Å². The molecule has 29 heavy (non-hydrogen) atoms. The summed E-state index contributed by atoms with van der Waals surface area (Å²) in [5, 5.41) is 0. The lowest BCUT2D eigenvalue weighted by molar-refractivity contribution is -0.257. The summed E-state index contributed by atoms with van der Waals surface area (Å²) in [5.74, 6) is 0. The molecule has 0 aliphatic carbocycles. The quantitative estimate of drug-likeness (QED) is 0.346. The van der Waals surface area contributed by atoms with Gasteiger partial charge in [-0.25, -0.2) is 4.39 Å². The molecule has 0 aliphatic heterocycles. The minimum atomic E-state index is -5.50. The van der Waals surface area contributed by atoms with Gasteiger partial charge in [-0.2, -0.15) is 43.9 Å². The molecule has 0 heterocycles. The highest BCUT2D eigenvalue weighted by Crippen LogP contribution is 2.25. The van der Waals surface area contributed by atoms with Crippen molar-refractivity contribution < 1.29 is 79.8 Å². The van der Waals surface area contributed by atoms with Gasteiger partial charge in [0.1, 0.15) is 13.3 Å². The topological polar surface area (TPSA) is 26.3 Å². The van der Waals surface area contributed by atoms with Gasteiger partial charge in [0.25, 0.3) is 6.04 Å². The summed E-state index contributed by atoms with van der Waals surface area (Å²) in [6, 6.07) is -1.33. The average Bonchev–Trinajstić information content (AvgIpc) is 2.32. The minimum absolute atomic E-state index is 0.861. The predicted molar refractivity (Wildman–Crippen MR) is 63.4 cm³/mol. The summed E-state index contributed by atoms with van der Waals surface area (Å²) in [6.07, 6.45) is -24.2. The first-order chi connectivity index (χ1) is 12.5. The van der Waals surface area contributed by atoms with Crippen molar-refractivity contribution in [3.05, 3.63) is 0 Å². The number of halogens is 16. The van der Waals surface area contributed by atoms with Crippen LogP contribution in [0.2, 0.25) is 0 Å². The third-order valence-corrected chi connectivity index (χ3v) is 1.33. The van der Waals surface area contributed by atoms with Gasteiger partial charge >= 0.3 is 25.0 Å². The van der Waals surface area contributed by atoms with E-state index in [1.807, 2.05) is 0 Å². The fraction of sp³-hybridized carbons (Fsp3) is 0.909. The van der Waals surface area contributed by atoms with Gasteiger partial charge in [-0.1, -0.05) is 0 Å². The Morgan fingerprint density at radius 1 is 0.793 bits per heavy atom. The van der Waals surface area contributed by atoms with E-state index in [0.717, 1.165) is 6.92 Å². The lowest BCUT2D eigenvalue weighted by Gasteiger charge is -2.18. The largest absolute Gasteiger partial charge is 0.559 e. The van der Waals surface area contributed by atoms with Crippen LogP contribution in [-0.2, 0) is 9.53 Å². The number of carbonyl (C=O) groups is 1. The van der Waals surface area contributed by atoms with E-state index < -0.39 is 63.5 Å². The highest BCUT2D eigenvalue weighted by molar-refractivity contribution is 5.64. The van der Waals surface area contributed by atoms with Crippen LogP contribution in [0.3, 0.4) is 0 Å². The van der Waals surface area contributed by atoms with Crippen LogP contribution in [0.4, 0.5) is 70.2 Å². The van der Waals surface area contributed by atoms with Crippen LogP contribution in [0.5, 0.6) is 0 Å². The van der Waals surface area contributed by atoms with E-state index in [0.29, 0.717) is 0 Å². The van der Waals surface area contributed by atoms with E-state index in [4.69, 9.17) is 4.79 Å². The van der Waals surface area contributed by atoms with Crippen LogP contribution in [-0.4, -0.2) is 57.1 Å². The van der Waals surface area contributed by atoms with Crippen molar-refractivity contribution in [1.82, 2.24) is 0 Å².